The fourth-order valence-electron chi connectivity index (χ4n) is 1.44. The molecule has 0 spiro atoms. The molecular formula is C14H18F3NO. The lowest BCUT2D eigenvalue weighted by molar-refractivity contribution is -0.137. The van der Waals surface area contributed by atoms with Crippen molar-refractivity contribution in [3.05, 3.63) is 42.0 Å². The van der Waals surface area contributed by atoms with Gasteiger partial charge in [0, 0.05) is 6.54 Å². The maximum atomic E-state index is 12.5. The second-order valence-electron chi connectivity index (χ2n) is 4.24. The zero-order valence-corrected chi connectivity index (χ0v) is 10.9. The Labute approximate surface area is 111 Å². The molecule has 0 atom stereocenters. The summed E-state index contributed by atoms with van der Waals surface area (Å²) in [5.41, 5.74) is 0.0885. The fraction of sp³-hybridized carbons (Fsp3) is 0.429. The van der Waals surface area contributed by atoms with Crippen LogP contribution in [0.4, 0.5) is 13.2 Å². The highest BCUT2D eigenvalue weighted by molar-refractivity contribution is 5.30. The van der Waals surface area contributed by atoms with Crippen molar-refractivity contribution in [3.8, 4) is 5.75 Å². The molecule has 0 heterocycles. The van der Waals surface area contributed by atoms with E-state index in [9.17, 15) is 13.2 Å². The van der Waals surface area contributed by atoms with E-state index >= 15 is 0 Å². The van der Waals surface area contributed by atoms with Gasteiger partial charge in [-0.15, -0.1) is 0 Å². The van der Waals surface area contributed by atoms with E-state index in [0.29, 0.717) is 6.54 Å². The quantitative estimate of drug-likeness (QED) is 0.605. The van der Waals surface area contributed by atoms with Crippen LogP contribution in [0.2, 0.25) is 0 Å². The lowest BCUT2D eigenvalue weighted by Crippen LogP contribution is -2.20. The molecule has 0 amide bonds. The Hall–Kier alpha value is -1.49. The van der Waals surface area contributed by atoms with Crippen molar-refractivity contribution in [2.75, 3.05) is 19.7 Å². The second-order valence-corrected chi connectivity index (χ2v) is 4.24. The van der Waals surface area contributed by atoms with E-state index in [0.717, 1.165) is 30.7 Å². The highest BCUT2D eigenvalue weighted by atomic mass is 19.4. The van der Waals surface area contributed by atoms with Crippen molar-refractivity contribution in [3.63, 3.8) is 0 Å². The van der Waals surface area contributed by atoms with Gasteiger partial charge >= 0.3 is 6.18 Å². The van der Waals surface area contributed by atoms with Crippen LogP contribution in [-0.2, 0) is 6.18 Å². The van der Waals surface area contributed by atoms with Gasteiger partial charge in [0.15, 0.2) is 0 Å². The van der Waals surface area contributed by atoms with E-state index in [2.05, 4.69) is 18.8 Å². The predicted octanol–water partition coefficient (Wildman–Crippen LogP) is 3.64. The van der Waals surface area contributed by atoms with Crippen LogP contribution in [0.1, 0.15) is 18.9 Å². The smallest absolute Gasteiger partial charge is 0.416 e. The lowest BCUT2D eigenvalue weighted by Gasteiger charge is -2.11. The molecule has 19 heavy (non-hydrogen) atoms. The van der Waals surface area contributed by atoms with Crippen LogP contribution in [0, 0.1) is 0 Å². The van der Waals surface area contributed by atoms with Crippen molar-refractivity contribution in [2.45, 2.75) is 19.5 Å². The van der Waals surface area contributed by atoms with Gasteiger partial charge in [0.1, 0.15) is 12.4 Å². The molecule has 1 aromatic carbocycles. The first-order chi connectivity index (χ1) is 8.93. The Morgan fingerprint density at radius 3 is 2.74 bits per heavy atom. The van der Waals surface area contributed by atoms with Crippen molar-refractivity contribution < 1.29 is 17.9 Å². The summed E-state index contributed by atoms with van der Waals surface area (Å²) in [5, 5.41) is 3.15. The molecule has 0 aliphatic rings. The molecule has 1 N–H and O–H groups in total. The summed E-state index contributed by atoms with van der Waals surface area (Å²) >= 11 is 0. The molecule has 0 unspecified atom stereocenters. The van der Waals surface area contributed by atoms with Crippen molar-refractivity contribution in [1.29, 1.82) is 0 Å². The number of nitrogens with one attached hydrogen (secondary N) is 1. The third kappa shape index (κ3) is 5.79. The van der Waals surface area contributed by atoms with E-state index in [4.69, 9.17) is 4.74 Å². The molecule has 0 radical (unpaired) electrons. The van der Waals surface area contributed by atoms with Crippen LogP contribution in [0.3, 0.4) is 0 Å². The van der Waals surface area contributed by atoms with Gasteiger partial charge < -0.3 is 10.1 Å². The largest absolute Gasteiger partial charge is 0.489 e. The number of hydrogen-bond donors (Lipinski definition) is 1. The van der Waals surface area contributed by atoms with Gasteiger partial charge in [0.05, 0.1) is 5.56 Å². The van der Waals surface area contributed by atoms with E-state index < -0.39 is 11.7 Å². The number of alkyl halides is 3. The maximum Gasteiger partial charge on any atom is 0.416 e. The number of rotatable bonds is 7. The van der Waals surface area contributed by atoms with Crippen LogP contribution < -0.4 is 10.1 Å². The van der Waals surface area contributed by atoms with Gasteiger partial charge in [-0.3, -0.25) is 0 Å². The fourth-order valence-corrected chi connectivity index (χ4v) is 1.44. The second kappa shape index (κ2) is 7.19. The molecule has 0 saturated carbocycles. The molecule has 5 heteroatoms. The Morgan fingerprint density at radius 1 is 1.37 bits per heavy atom. The minimum Gasteiger partial charge on any atom is -0.489 e. The SMILES string of the molecule is C=C(CNCCC)COc1cccc(C(F)(F)F)c1. The lowest BCUT2D eigenvalue weighted by atomic mass is 10.2. The average Bonchev–Trinajstić information content (AvgIpc) is 2.36. The summed E-state index contributed by atoms with van der Waals surface area (Å²) in [5.74, 6) is 0.200. The summed E-state index contributed by atoms with van der Waals surface area (Å²) in [4.78, 5) is 0. The van der Waals surface area contributed by atoms with Crippen molar-refractivity contribution in [2.24, 2.45) is 0 Å². The monoisotopic (exact) mass is 273 g/mol. The Balaban J connectivity index is 2.47. The summed E-state index contributed by atoms with van der Waals surface area (Å²) in [6.07, 6.45) is -3.33. The Morgan fingerprint density at radius 2 is 2.11 bits per heavy atom. The van der Waals surface area contributed by atoms with Gasteiger partial charge in [-0.2, -0.15) is 13.2 Å². The molecule has 0 aliphatic heterocycles. The van der Waals surface area contributed by atoms with Gasteiger partial charge in [0.25, 0.3) is 0 Å². The molecule has 2 nitrogen and oxygen atoms in total. The van der Waals surface area contributed by atoms with Gasteiger partial charge in [0.2, 0.25) is 0 Å². The first kappa shape index (κ1) is 15.6. The van der Waals surface area contributed by atoms with Crippen LogP contribution in [0.25, 0.3) is 0 Å². The van der Waals surface area contributed by atoms with E-state index in [1.807, 2.05) is 0 Å². The van der Waals surface area contributed by atoms with Gasteiger partial charge in [-0.05, 0) is 36.7 Å². The summed E-state index contributed by atoms with van der Waals surface area (Å²) in [7, 11) is 0. The van der Waals surface area contributed by atoms with Gasteiger partial charge in [-0.25, -0.2) is 0 Å². The third-order valence-corrected chi connectivity index (χ3v) is 2.41. The normalized spacial score (nSPS) is 11.4. The van der Waals surface area contributed by atoms with E-state index in [-0.39, 0.29) is 12.4 Å². The predicted molar refractivity (Wildman–Crippen MR) is 69.2 cm³/mol. The molecular weight excluding hydrogens is 255 g/mol. The van der Waals surface area contributed by atoms with E-state index in [1.165, 1.54) is 12.1 Å². The summed E-state index contributed by atoms with van der Waals surface area (Å²) in [6.45, 7) is 7.54. The highest BCUT2D eigenvalue weighted by Crippen LogP contribution is 2.31. The van der Waals surface area contributed by atoms with Crippen LogP contribution in [-0.4, -0.2) is 19.7 Å². The van der Waals surface area contributed by atoms with Gasteiger partial charge in [-0.1, -0.05) is 19.6 Å². The Bertz CT molecular complexity index is 415. The number of ether oxygens (including phenoxy) is 1. The van der Waals surface area contributed by atoms with Crippen LogP contribution in [0.15, 0.2) is 36.4 Å². The summed E-state index contributed by atoms with van der Waals surface area (Å²) in [6, 6.07) is 4.84. The molecule has 1 aromatic rings. The Kier molecular flexibility index (Phi) is 5.89. The first-order valence-corrected chi connectivity index (χ1v) is 6.11. The maximum absolute atomic E-state index is 12.5. The molecule has 1 rings (SSSR count). The number of benzene rings is 1. The average molecular weight is 273 g/mol. The number of hydrogen-bond acceptors (Lipinski definition) is 2. The number of halogens is 3. The minimum atomic E-state index is -4.35. The molecule has 106 valence electrons. The third-order valence-electron chi connectivity index (χ3n) is 2.41. The highest BCUT2D eigenvalue weighted by Gasteiger charge is 2.30. The first-order valence-electron chi connectivity index (χ1n) is 6.11. The summed E-state index contributed by atoms with van der Waals surface area (Å²) < 4.78 is 42.8. The van der Waals surface area contributed by atoms with Crippen LogP contribution in [0.5, 0.6) is 5.75 Å². The van der Waals surface area contributed by atoms with Crippen LogP contribution >= 0.6 is 0 Å². The standard InChI is InChI=1S/C14H18F3NO/c1-3-7-18-9-11(2)10-19-13-6-4-5-12(8-13)14(15,16)17/h4-6,8,18H,2-3,7,9-10H2,1H3. The topological polar surface area (TPSA) is 21.3 Å². The molecule has 0 fully saturated rings. The molecule has 0 saturated heterocycles. The molecule has 0 bridgehead atoms. The molecule has 0 aromatic heterocycles. The molecule has 0 aliphatic carbocycles. The zero-order valence-electron chi connectivity index (χ0n) is 10.9. The van der Waals surface area contributed by atoms with Crippen molar-refractivity contribution in [1.82, 2.24) is 5.32 Å². The van der Waals surface area contributed by atoms with E-state index in [1.54, 1.807) is 0 Å². The van der Waals surface area contributed by atoms with Crippen molar-refractivity contribution >= 4 is 0 Å². The zero-order chi connectivity index (χ0) is 14.3. The minimum absolute atomic E-state index is 0.200.